The Balaban J connectivity index is 1.92. The Kier molecular flexibility index (Phi) is 4.64. The molecule has 0 aromatic carbocycles. The van der Waals surface area contributed by atoms with Gasteiger partial charge in [0.1, 0.15) is 4.90 Å². The zero-order valence-electron chi connectivity index (χ0n) is 12.1. The van der Waals surface area contributed by atoms with Gasteiger partial charge < -0.3 is 10.1 Å². The second-order valence-electron chi connectivity index (χ2n) is 5.23. The highest BCUT2D eigenvalue weighted by Gasteiger charge is 2.31. The summed E-state index contributed by atoms with van der Waals surface area (Å²) in [6, 6.07) is 0. The van der Waals surface area contributed by atoms with Crippen molar-refractivity contribution >= 4 is 21.7 Å². The van der Waals surface area contributed by atoms with Crippen molar-refractivity contribution in [3.05, 3.63) is 6.20 Å². The summed E-state index contributed by atoms with van der Waals surface area (Å²) >= 11 is 0. The van der Waals surface area contributed by atoms with Crippen LogP contribution in [0.15, 0.2) is 11.1 Å². The molecule has 21 heavy (non-hydrogen) atoms. The molecule has 0 spiro atoms. The molecule has 1 aromatic rings. The van der Waals surface area contributed by atoms with Crippen molar-refractivity contribution in [2.75, 3.05) is 11.9 Å². The number of primary sulfonamides is 1. The highest BCUT2D eigenvalue weighted by molar-refractivity contribution is 7.89. The SMILES string of the molecule is CCOC1CC(CC(=O)Nc2nn(C)cc2S(N)(=O)=O)C1. The first-order valence-corrected chi connectivity index (χ1v) is 8.32. The number of carbonyl (C=O) groups is 1. The summed E-state index contributed by atoms with van der Waals surface area (Å²) in [5.41, 5.74) is 0. The molecule has 0 bridgehead atoms. The van der Waals surface area contributed by atoms with Gasteiger partial charge in [0.2, 0.25) is 15.9 Å². The predicted molar refractivity (Wildman–Crippen MR) is 76.0 cm³/mol. The molecule has 1 fully saturated rings. The van der Waals surface area contributed by atoms with E-state index >= 15 is 0 Å². The third-order valence-electron chi connectivity index (χ3n) is 3.43. The number of amides is 1. The average molecular weight is 316 g/mol. The quantitative estimate of drug-likeness (QED) is 0.778. The van der Waals surface area contributed by atoms with E-state index in [1.807, 2.05) is 6.92 Å². The third kappa shape index (κ3) is 4.02. The number of aryl methyl sites for hydroxylation is 1. The van der Waals surface area contributed by atoms with Crippen LogP contribution in [0.25, 0.3) is 0 Å². The van der Waals surface area contributed by atoms with Crippen molar-refractivity contribution in [3.63, 3.8) is 0 Å². The lowest BCUT2D eigenvalue weighted by Gasteiger charge is -2.34. The van der Waals surface area contributed by atoms with E-state index in [1.165, 1.54) is 10.9 Å². The largest absolute Gasteiger partial charge is 0.378 e. The van der Waals surface area contributed by atoms with Gasteiger partial charge in [-0.2, -0.15) is 5.10 Å². The lowest BCUT2D eigenvalue weighted by molar-refractivity contribution is -0.119. The van der Waals surface area contributed by atoms with Crippen LogP contribution in [0.2, 0.25) is 0 Å². The predicted octanol–water partition coefficient (Wildman–Crippen LogP) is 0.211. The third-order valence-corrected chi connectivity index (χ3v) is 4.34. The van der Waals surface area contributed by atoms with Crippen LogP contribution < -0.4 is 10.5 Å². The molecule has 0 radical (unpaired) electrons. The van der Waals surface area contributed by atoms with E-state index in [4.69, 9.17) is 9.88 Å². The number of hydrogen-bond donors (Lipinski definition) is 2. The molecular formula is C12H20N4O4S. The van der Waals surface area contributed by atoms with Crippen LogP contribution in [0.1, 0.15) is 26.2 Å². The van der Waals surface area contributed by atoms with Crippen molar-refractivity contribution in [1.29, 1.82) is 0 Å². The highest BCUT2D eigenvalue weighted by Crippen LogP contribution is 2.33. The molecule has 0 saturated heterocycles. The molecule has 1 heterocycles. The van der Waals surface area contributed by atoms with E-state index in [0.717, 1.165) is 12.8 Å². The Bertz CT molecular complexity index is 619. The van der Waals surface area contributed by atoms with Gasteiger partial charge in [-0.25, -0.2) is 13.6 Å². The molecule has 2 rings (SSSR count). The Hall–Kier alpha value is -1.45. The van der Waals surface area contributed by atoms with Gasteiger partial charge in [0.15, 0.2) is 5.82 Å². The summed E-state index contributed by atoms with van der Waals surface area (Å²) in [6.45, 7) is 2.62. The van der Waals surface area contributed by atoms with Gasteiger partial charge in [-0.05, 0) is 25.7 Å². The van der Waals surface area contributed by atoms with E-state index in [0.29, 0.717) is 13.0 Å². The number of nitrogens with two attached hydrogens (primary N) is 1. The second kappa shape index (κ2) is 6.12. The average Bonchev–Trinajstić information content (AvgIpc) is 2.67. The maximum absolute atomic E-state index is 11.9. The molecule has 0 unspecified atom stereocenters. The van der Waals surface area contributed by atoms with Crippen LogP contribution in [-0.2, 0) is 26.6 Å². The van der Waals surface area contributed by atoms with Gasteiger partial charge in [0, 0.05) is 26.3 Å². The molecular weight excluding hydrogens is 296 g/mol. The Morgan fingerprint density at radius 2 is 2.24 bits per heavy atom. The molecule has 1 aromatic heterocycles. The number of rotatable bonds is 6. The molecule has 0 aliphatic heterocycles. The van der Waals surface area contributed by atoms with E-state index in [1.54, 1.807) is 7.05 Å². The molecule has 0 atom stereocenters. The number of ether oxygens (including phenoxy) is 1. The molecule has 1 aliphatic rings. The summed E-state index contributed by atoms with van der Waals surface area (Å²) < 4.78 is 29.5. The maximum Gasteiger partial charge on any atom is 0.243 e. The van der Waals surface area contributed by atoms with Crippen LogP contribution in [0.5, 0.6) is 0 Å². The lowest BCUT2D eigenvalue weighted by atomic mass is 9.80. The number of carbonyl (C=O) groups excluding carboxylic acids is 1. The van der Waals surface area contributed by atoms with Gasteiger partial charge in [-0.3, -0.25) is 9.48 Å². The maximum atomic E-state index is 11.9. The van der Waals surface area contributed by atoms with Crippen LogP contribution >= 0.6 is 0 Å². The minimum atomic E-state index is -3.91. The molecule has 1 aliphatic carbocycles. The van der Waals surface area contributed by atoms with Crippen molar-refractivity contribution < 1.29 is 17.9 Å². The molecule has 118 valence electrons. The van der Waals surface area contributed by atoms with E-state index in [-0.39, 0.29) is 28.6 Å². The molecule has 1 amide bonds. The monoisotopic (exact) mass is 316 g/mol. The fourth-order valence-electron chi connectivity index (χ4n) is 2.42. The Morgan fingerprint density at radius 1 is 1.57 bits per heavy atom. The summed E-state index contributed by atoms with van der Waals surface area (Å²) in [5, 5.41) is 11.5. The Labute approximate surface area is 123 Å². The van der Waals surface area contributed by atoms with Crippen LogP contribution in [-0.4, -0.2) is 36.8 Å². The first-order valence-electron chi connectivity index (χ1n) is 6.77. The normalized spacial score (nSPS) is 21.9. The lowest BCUT2D eigenvalue weighted by Crippen LogP contribution is -2.34. The van der Waals surface area contributed by atoms with Gasteiger partial charge >= 0.3 is 0 Å². The van der Waals surface area contributed by atoms with Crippen LogP contribution in [0.4, 0.5) is 5.82 Å². The van der Waals surface area contributed by atoms with Crippen LogP contribution in [0.3, 0.4) is 0 Å². The first-order chi connectivity index (χ1) is 9.79. The van der Waals surface area contributed by atoms with E-state index in [9.17, 15) is 13.2 Å². The number of aromatic nitrogens is 2. The van der Waals surface area contributed by atoms with Gasteiger partial charge in [0.25, 0.3) is 0 Å². The minimum Gasteiger partial charge on any atom is -0.378 e. The summed E-state index contributed by atoms with van der Waals surface area (Å²) in [7, 11) is -2.35. The number of nitrogens with one attached hydrogen (secondary N) is 1. The van der Waals surface area contributed by atoms with Gasteiger partial charge in [0.05, 0.1) is 6.10 Å². The Morgan fingerprint density at radius 3 is 2.81 bits per heavy atom. The zero-order chi connectivity index (χ0) is 15.6. The number of nitrogens with zero attached hydrogens (tertiary/aromatic N) is 2. The van der Waals surface area contributed by atoms with Crippen molar-refractivity contribution in [3.8, 4) is 0 Å². The molecule has 3 N–H and O–H groups in total. The molecule has 9 heteroatoms. The zero-order valence-corrected chi connectivity index (χ0v) is 12.9. The number of anilines is 1. The fourth-order valence-corrected chi connectivity index (χ4v) is 3.08. The topological polar surface area (TPSA) is 116 Å². The molecule has 8 nitrogen and oxygen atoms in total. The second-order valence-corrected chi connectivity index (χ2v) is 6.76. The summed E-state index contributed by atoms with van der Waals surface area (Å²) in [4.78, 5) is 11.8. The van der Waals surface area contributed by atoms with Gasteiger partial charge in [-0.1, -0.05) is 0 Å². The first kappa shape index (κ1) is 15.9. The van der Waals surface area contributed by atoms with Crippen molar-refractivity contribution in [2.45, 2.75) is 37.2 Å². The van der Waals surface area contributed by atoms with Crippen molar-refractivity contribution in [1.82, 2.24) is 9.78 Å². The summed E-state index contributed by atoms with van der Waals surface area (Å²) in [6.07, 6.45) is 3.53. The minimum absolute atomic E-state index is 0.0225. The van der Waals surface area contributed by atoms with Crippen molar-refractivity contribution in [2.24, 2.45) is 18.1 Å². The number of hydrogen-bond acceptors (Lipinski definition) is 5. The smallest absolute Gasteiger partial charge is 0.243 e. The standard InChI is InChI=1S/C12H20N4O4S/c1-3-20-9-4-8(5-9)6-11(17)14-12-10(21(13,18)19)7-16(2)15-12/h7-9H,3-6H2,1-2H3,(H2,13,18,19)(H,14,15,17). The van der Waals surface area contributed by atoms with Crippen LogP contribution in [0, 0.1) is 5.92 Å². The fraction of sp³-hybridized carbons (Fsp3) is 0.667. The summed E-state index contributed by atoms with van der Waals surface area (Å²) in [5.74, 6) is -0.0209. The van der Waals surface area contributed by atoms with E-state index in [2.05, 4.69) is 10.4 Å². The molecule has 1 saturated carbocycles. The van der Waals surface area contributed by atoms with Gasteiger partial charge in [-0.15, -0.1) is 0 Å². The van der Waals surface area contributed by atoms with E-state index < -0.39 is 10.0 Å². The highest BCUT2D eigenvalue weighted by atomic mass is 32.2. The number of sulfonamides is 1.